The molecule has 1 amide bonds. The van der Waals surface area contributed by atoms with Crippen molar-refractivity contribution < 1.29 is 4.79 Å². The third kappa shape index (κ3) is 5.63. The molecule has 1 aromatic rings. The van der Waals surface area contributed by atoms with Gasteiger partial charge in [0.25, 0.3) is 5.91 Å². The Morgan fingerprint density at radius 3 is 2.52 bits per heavy atom. The Bertz CT molecular complexity index is 420. The van der Waals surface area contributed by atoms with Gasteiger partial charge in [0, 0.05) is 13.1 Å². The van der Waals surface area contributed by atoms with E-state index < -0.39 is 0 Å². The van der Waals surface area contributed by atoms with E-state index in [2.05, 4.69) is 29.5 Å². The van der Waals surface area contributed by atoms with E-state index in [-0.39, 0.29) is 23.9 Å². The number of amides is 1. The minimum Gasteiger partial charge on any atom is -0.344 e. The Hall–Kier alpha value is -1.14. The van der Waals surface area contributed by atoms with Crippen LogP contribution >= 0.6 is 12.4 Å². The standard InChI is InChI=1S/C14H27N5O.ClH/c1-5-14(6-2,10-15)16-13(20)12-9-19(18-17-12)8-7-11(3)4;/h9,11H,5-8,10,15H2,1-4H3,(H,16,20);1H. The topological polar surface area (TPSA) is 85.8 Å². The van der Waals surface area contributed by atoms with Crippen LogP contribution in [-0.2, 0) is 6.54 Å². The number of nitrogens with one attached hydrogen (secondary N) is 1. The quantitative estimate of drug-likeness (QED) is 0.767. The summed E-state index contributed by atoms with van der Waals surface area (Å²) >= 11 is 0. The van der Waals surface area contributed by atoms with Crippen molar-refractivity contribution in [2.45, 2.75) is 59.0 Å². The van der Waals surface area contributed by atoms with E-state index in [4.69, 9.17) is 5.73 Å². The Morgan fingerprint density at radius 2 is 2.05 bits per heavy atom. The average Bonchev–Trinajstić information content (AvgIpc) is 2.91. The van der Waals surface area contributed by atoms with Gasteiger partial charge in [-0.3, -0.25) is 9.48 Å². The van der Waals surface area contributed by atoms with Crippen LogP contribution in [0.3, 0.4) is 0 Å². The molecule has 3 N–H and O–H groups in total. The van der Waals surface area contributed by atoms with Crippen LogP contribution in [0.15, 0.2) is 6.20 Å². The summed E-state index contributed by atoms with van der Waals surface area (Å²) in [6.45, 7) is 9.56. The molecule has 0 saturated carbocycles. The molecule has 0 aromatic carbocycles. The van der Waals surface area contributed by atoms with E-state index in [1.807, 2.05) is 13.8 Å². The van der Waals surface area contributed by atoms with E-state index in [9.17, 15) is 4.79 Å². The van der Waals surface area contributed by atoms with Crippen LogP contribution in [-0.4, -0.2) is 33.0 Å². The van der Waals surface area contributed by atoms with Gasteiger partial charge in [0.1, 0.15) is 0 Å². The Kier molecular flexibility index (Phi) is 8.51. The number of nitrogens with two attached hydrogens (primary N) is 1. The summed E-state index contributed by atoms with van der Waals surface area (Å²) in [6.07, 6.45) is 4.31. The van der Waals surface area contributed by atoms with Gasteiger partial charge in [-0.2, -0.15) is 0 Å². The van der Waals surface area contributed by atoms with Gasteiger partial charge in [0.15, 0.2) is 5.69 Å². The van der Waals surface area contributed by atoms with Gasteiger partial charge < -0.3 is 11.1 Å². The fourth-order valence-electron chi connectivity index (χ4n) is 1.97. The molecule has 6 nitrogen and oxygen atoms in total. The second-order valence-electron chi connectivity index (χ2n) is 5.70. The molecular formula is C14H28ClN5O. The fourth-order valence-corrected chi connectivity index (χ4v) is 1.97. The molecule has 0 fully saturated rings. The normalized spacial score (nSPS) is 11.3. The number of aryl methyl sites for hydroxylation is 1. The highest BCUT2D eigenvalue weighted by Gasteiger charge is 2.27. The summed E-state index contributed by atoms with van der Waals surface area (Å²) in [4.78, 5) is 12.2. The molecule has 1 aromatic heterocycles. The maximum atomic E-state index is 12.2. The third-order valence-electron chi connectivity index (χ3n) is 3.83. The van der Waals surface area contributed by atoms with Crippen molar-refractivity contribution in [2.75, 3.05) is 6.54 Å². The molecule has 0 aliphatic carbocycles. The summed E-state index contributed by atoms with van der Waals surface area (Å²) in [6, 6.07) is 0. The number of rotatable bonds is 8. The van der Waals surface area contributed by atoms with Crippen LogP contribution in [0.4, 0.5) is 0 Å². The number of hydrogen-bond acceptors (Lipinski definition) is 4. The lowest BCUT2D eigenvalue weighted by atomic mass is 9.93. The molecule has 0 spiro atoms. The van der Waals surface area contributed by atoms with Gasteiger partial charge in [0.05, 0.1) is 11.7 Å². The molecular weight excluding hydrogens is 290 g/mol. The monoisotopic (exact) mass is 317 g/mol. The molecule has 1 heterocycles. The number of carbonyl (C=O) groups is 1. The lowest BCUT2D eigenvalue weighted by Crippen LogP contribution is -2.53. The van der Waals surface area contributed by atoms with Crippen molar-refractivity contribution in [3.8, 4) is 0 Å². The van der Waals surface area contributed by atoms with Crippen LogP contribution in [0.2, 0.25) is 0 Å². The minimum atomic E-state index is -0.348. The molecule has 122 valence electrons. The molecule has 0 aliphatic heterocycles. The summed E-state index contributed by atoms with van der Waals surface area (Å²) in [7, 11) is 0. The van der Waals surface area contributed by atoms with Crippen LogP contribution in [0.25, 0.3) is 0 Å². The predicted octanol–water partition coefficient (Wildman–Crippen LogP) is 1.99. The molecule has 1 rings (SSSR count). The highest BCUT2D eigenvalue weighted by molar-refractivity contribution is 5.92. The SMILES string of the molecule is CCC(CC)(CN)NC(=O)c1cn(CCC(C)C)nn1.Cl. The van der Waals surface area contributed by atoms with E-state index in [1.165, 1.54) is 0 Å². The second kappa shape index (κ2) is 9.00. The van der Waals surface area contributed by atoms with Crippen LogP contribution in [0.5, 0.6) is 0 Å². The number of hydrogen-bond donors (Lipinski definition) is 2. The van der Waals surface area contributed by atoms with Crippen molar-refractivity contribution >= 4 is 18.3 Å². The highest BCUT2D eigenvalue weighted by atomic mass is 35.5. The van der Waals surface area contributed by atoms with Gasteiger partial charge in [-0.1, -0.05) is 32.9 Å². The Labute approximate surface area is 133 Å². The van der Waals surface area contributed by atoms with Crippen molar-refractivity contribution in [3.63, 3.8) is 0 Å². The largest absolute Gasteiger partial charge is 0.344 e. The van der Waals surface area contributed by atoms with Gasteiger partial charge in [-0.05, 0) is 25.2 Å². The maximum Gasteiger partial charge on any atom is 0.273 e. The molecule has 0 bridgehead atoms. The molecule has 0 atom stereocenters. The molecule has 0 radical (unpaired) electrons. The van der Waals surface area contributed by atoms with Crippen LogP contribution in [0, 0.1) is 5.92 Å². The summed E-state index contributed by atoms with van der Waals surface area (Å²) in [5.74, 6) is 0.400. The zero-order chi connectivity index (χ0) is 15.2. The number of aromatic nitrogens is 3. The lowest BCUT2D eigenvalue weighted by molar-refractivity contribution is 0.0890. The lowest BCUT2D eigenvalue weighted by Gasteiger charge is -2.30. The second-order valence-corrected chi connectivity index (χ2v) is 5.70. The first-order chi connectivity index (χ1) is 9.46. The average molecular weight is 318 g/mol. The Morgan fingerprint density at radius 1 is 1.43 bits per heavy atom. The Balaban J connectivity index is 0.00000400. The van der Waals surface area contributed by atoms with Crippen molar-refractivity contribution in [1.29, 1.82) is 0 Å². The van der Waals surface area contributed by atoms with Crippen molar-refractivity contribution in [3.05, 3.63) is 11.9 Å². The summed E-state index contributed by atoms with van der Waals surface area (Å²) < 4.78 is 1.72. The molecule has 21 heavy (non-hydrogen) atoms. The predicted molar refractivity (Wildman–Crippen MR) is 86.6 cm³/mol. The first-order valence-corrected chi connectivity index (χ1v) is 7.39. The molecule has 0 saturated heterocycles. The zero-order valence-corrected chi connectivity index (χ0v) is 14.2. The third-order valence-corrected chi connectivity index (χ3v) is 3.83. The number of carbonyl (C=O) groups excluding carboxylic acids is 1. The smallest absolute Gasteiger partial charge is 0.273 e. The van der Waals surface area contributed by atoms with Gasteiger partial charge in [-0.25, -0.2) is 0 Å². The first-order valence-electron chi connectivity index (χ1n) is 7.39. The molecule has 0 aliphatic rings. The van der Waals surface area contributed by atoms with Crippen LogP contribution in [0.1, 0.15) is 57.4 Å². The highest BCUT2D eigenvalue weighted by Crippen LogP contribution is 2.14. The van der Waals surface area contributed by atoms with Crippen LogP contribution < -0.4 is 11.1 Å². The van der Waals surface area contributed by atoms with E-state index >= 15 is 0 Å². The zero-order valence-electron chi connectivity index (χ0n) is 13.4. The van der Waals surface area contributed by atoms with Crippen molar-refractivity contribution in [2.24, 2.45) is 11.7 Å². The maximum absolute atomic E-state index is 12.2. The van der Waals surface area contributed by atoms with Gasteiger partial charge in [0.2, 0.25) is 0 Å². The first kappa shape index (κ1) is 19.9. The number of nitrogens with zero attached hydrogens (tertiary/aromatic N) is 3. The molecule has 7 heteroatoms. The van der Waals surface area contributed by atoms with Gasteiger partial charge >= 0.3 is 0 Å². The summed E-state index contributed by atoms with van der Waals surface area (Å²) in [5.41, 5.74) is 5.79. The van der Waals surface area contributed by atoms with E-state index in [1.54, 1.807) is 10.9 Å². The summed E-state index contributed by atoms with van der Waals surface area (Å²) in [5, 5.41) is 10.9. The molecule has 0 unspecified atom stereocenters. The minimum absolute atomic E-state index is 0. The van der Waals surface area contributed by atoms with Gasteiger partial charge in [-0.15, -0.1) is 17.5 Å². The van der Waals surface area contributed by atoms with Crippen molar-refractivity contribution in [1.82, 2.24) is 20.3 Å². The van der Waals surface area contributed by atoms with E-state index in [0.717, 1.165) is 25.8 Å². The fraction of sp³-hybridized carbons (Fsp3) is 0.786. The number of halogens is 1. The van der Waals surface area contributed by atoms with E-state index in [0.29, 0.717) is 18.2 Å².